The van der Waals surface area contributed by atoms with Crippen LogP contribution < -0.4 is 10.2 Å². The van der Waals surface area contributed by atoms with Crippen LogP contribution in [-0.2, 0) is 9.31 Å². The van der Waals surface area contributed by atoms with Crippen molar-refractivity contribution >= 4 is 12.6 Å². The molecule has 0 bridgehead atoms. The SMILES string of the molecule is C=C(C)C[C@@H](C)COc1ccc(B2OC(C)(C)C(C)(C)O2)cc1. The molecule has 0 saturated carbocycles. The van der Waals surface area contributed by atoms with Gasteiger partial charge in [0.1, 0.15) is 5.75 Å². The lowest BCUT2D eigenvalue weighted by Crippen LogP contribution is -2.41. The Morgan fingerprint density at radius 3 is 2.13 bits per heavy atom. The Balaban J connectivity index is 1.94. The molecular formula is C19H29BO3. The van der Waals surface area contributed by atoms with E-state index in [1.165, 1.54) is 5.57 Å². The maximum Gasteiger partial charge on any atom is 0.494 e. The molecule has 3 nitrogen and oxygen atoms in total. The molecule has 23 heavy (non-hydrogen) atoms. The molecule has 1 heterocycles. The molecule has 1 atom stereocenters. The molecule has 126 valence electrons. The van der Waals surface area contributed by atoms with Gasteiger partial charge in [0.2, 0.25) is 0 Å². The van der Waals surface area contributed by atoms with Crippen LogP contribution in [0.25, 0.3) is 0 Å². The summed E-state index contributed by atoms with van der Waals surface area (Å²) < 4.78 is 18.0. The van der Waals surface area contributed by atoms with Gasteiger partial charge in [-0.15, -0.1) is 6.58 Å². The van der Waals surface area contributed by atoms with E-state index in [2.05, 4.69) is 48.1 Å². The van der Waals surface area contributed by atoms with E-state index in [9.17, 15) is 0 Å². The minimum atomic E-state index is -0.323. The van der Waals surface area contributed by atoms with E-state index in [-0.39, 0.29) is 18.3 Å². The number of benzene rings is 1. The average Bonchev–Trinajstić information content (AvgIpc) is 2.65. The molecule has 1 fully saturated rings. The molecule has 0 radical (unpaired) electrons. The van der Waals surface area contributed by atoms with Crippen LogP contribution in [0.4, 0.5) is 0 Å². The van der Waals surface area contributed by atoms with E-state index in [0.717, 1.165) is 17.6 Å². The van der Waals surface area contributed by atoms with Crippen LogP contribution in [0, 0.1) is 5.92 Å². The third kappa shape index (κ3) is 4.39. The van der Waals surface area contributed by atoms with Crippen LogP contribution in [0.1, 0.15) is 48.0 Å². The van der Waals surface area contributed by atoms with Crippen molar-refractivity contribution in [3.8, 4) is 5.75 Å². The monoisotopic (exact) mass is 316 g/mol. The summed E-state index contributed by atoms with van der Waals surface area (Å²) in [5.41, 5.74) is 1.58. The molecule has 1 saturated heterocycles. The number of rotatable bonds is 6. The molecule has 0 N–H and O–H groups in total. The molecule has 2 rings (SSSR count). The lowest BCUT2D eigenvalue weighted by molar-refractivity contribution is 0.00578. The van der Waals surface area contributed by atoms with Gasteiger partial charge in [-0.3, -0.25) is 0 Å². The van der Waals surface area contributed by atoms with Gasteiger partial charge < -0.3 is 14.0 Å². The summed E-state index contributed by atoms with van der Waals surface area (Å²) in [5, 5.41) is 0. The maximum absolute atomic E-state index is 6.06. The summed E-state index contributed by atoms with van der Waals surface area (Å²) in [6.07, 6.45) is 0.992. The van der Waals surface area contributed by atoms with Crippen molar-refractivity contribution < 1.29 is 14.0 Å². The van der Waals surface area contributed by atoms with E-state index < -0.39 is 0 Å². The van der Waals surface area contributed by atoms with Crippen LogP contribution in [-0.4, -0.2) is 24.9 Å². The molecule has 0 spiro atoms. The Morgan fingerprint density at radius 2 is 1.65 bits per heavy atom. The first kappa shape index (κ1) is 18.1. The van der Waals surface area contributed by atoms with Crippen molar-refractivity contribution in [2.75, 3.05) is 6.61 Å². The average molecular weight is 316 g/mol. The Kier molecular flexibility index (Phi) is 5.27. The lowest BCUT2D eigenvalue weighted by Gasteiger charge is -2.32. The highest BCUT2D eigenvalue weighted by Crippen LogP contribution is 2.36. The number of hydrogen-bond donors (Lipinski definition) is 0. The molecule has 1 aliphatic rings. The molecule has 0 amide bonds. The van der Waals surface area contributed by atoms with Gasteiger partial charge in [-0.2, -0.15) is 0 Å². The van der Waals surface area contributed by atoms with Gasteiger partial charge in [0.25, 0.3) is 0 Å². The smallest absolute Gasteiger partial charge is 0.493 e. The molecule has 0 aromatic heterocycles. The fraction of sp³-hybridized carbons (Fsp3) is 0.579. The molecule has 1 aromatic carbocycles. The zero-order valence-electron chi connectivity index (χ0n) is 15.3. The summed E-state index contributed by atoms with van der Waals surface area (Å²) >= 11 is 0. The standard InChI is InChI=1S/C19H29BO3/c1-14(2)12-15(3)13-21-17-10-8-16(9-11-17)20-22-18(4,5)19(6,7)23-20/h8-11,15H,1,12-13H2,2-7H3/t15-/m1/s1. The van der Waals surface area contributed by atoms with Crippen molar-refractivity contribution in [1.29, 1.82) is 0 Å². The van der Waals surface area contributed by atoms with Crippen LogP contribution in [0.15, 0.2) is 36.4 Å². The second kappa shape index (κ2) is 6.70. The number of ether oxygens (including phenoxy) is 1. The van der Waals surface area contributed by atoms with Gasteiger partial charge in [-0.25, -0.2) is 0 Å². The highest BCUT2D eigenvalue weighted by atomic mass is 16.7. The third-order valence-corrected chi connectivity index (χ3v) is 4.64. The van der Waals surface area contributed by atoms with E-state index in [4.69, 9.17) is 14.0 Å². The van der Waals surface area contributed by atoms with Gasteiger partial charge in [-0.05, 0) is 64.6 Å². The number of allylic oxidation sites excluding steroid dienone is 1. The fourth-order valence-corrected chi connectivity index (χ4v) is 2.59. The van der Waals surface area contributed by atoms with Crippen molar-refractivity contribution in [1.82, 2.24) is 0 Å². The van der Waals surface area contributed by atoms with Crippen LogP contribution in [0.3, 0.4) is 0 Å². The Bertz CT molecular complexity index is 532. The second-order valence-electron chi connectivity index (χ2n) is 7.73. The zero-order chi connectivity index (χ0) is 17.3. The molecule has 0 aliphatic carbocycles. The van der Waals surface area contributed by atoms with Crippen molar-refractivity contribution in [2.24, 2.45) is 5.92 Å². The van der Waals surface area contributed by atoms with Gasteiger partial charge in [-0.1, -0.05) is 24.6 Å². The highest BCUT2D eigenvalue weighted by molar-refractivity contribution is 6.62. The Hall–Kier alpha value is -1.26. The zero-order valence-corrected chi connectivity index (χ0v) is 15.3. The number of hydrogen-bond acceptors (Lipinski definition) is 3. The first-order chi connectivity index (χ1) is 10.6. The molecule has 1 aromatic rings. The van der Waals surface area contributed by atoms with Gasteiger partial charge >= 0.3 is 7.12 Å². The first-order valence-electron chi connectivity index (χ1n) is 8.33. The van der Waals surface area contributed by atoms with E-state index >= 15 is 0 Å². The normalized spacial score (nSPS) is 20.3. The first-order valence-corrected chi connectivity index (χ1v) is 8.33. The summed E-state index contributed by atoms with van der Waals surface area (Å²) in [7, 11) is -0.323. The van der Waals surface area contributed by atoms with Crippen LogP contribution in [0.5, 0.6) is 5.75 Å². The Morgan fingerprint density at radius 1 is 1.13 bits per heavy atom. The predicted molar refractivity (Wildman–Crippen MR) is 96.2 cm³/mol. The van der Waals surface area contributed by atoms with Gasteiger partial charge in [0.15, 0.2) is 0 Å². The predicted octanol–water partition coefficient (Wildman–Crippen LogP) is 3.97. The van der Waals surface area contributed by atoms with E-state index in [0.29, 0.717) is 12.5 Å². The maximum atomic E-state index is 6.06. The van der Waals surface area contributed by atoms with Crippen molar-refractivity contribution in [2.45, 2.75) is 59.2 Å². The lowest BCUT2D eigenvalue weighted by atomic mass is 9.79. The molecule has 0 unspecified atom stereocenters. The van der Waals surface area contributed by atoms with Crippen molar-refractivity contribution in [3.63, 3.8) is 0 Å². The van der Waals surface area contributed by atoms with E-state index in [1.807, 2.05) is 24.3 Å². The molecule has 1 aliphatic heterocycles. The summed E-state index contributed by atoms with van der Waals surface area (Å²) in [6, 6.07) is 7.99. The third-order valence-electron chi connectivity index (χ3n) is 4.64. The summed E-state index contributed by atoms with van der Waals surface area (Å²) in [5.74, 6) is 1.34. The minimum Gasteiger partial charge on any atom is -0.493 e. The van der Waals surface area contributed by atoms with Crippen LogP contribution in [0.2, 0.25) is 0 Å². The second-order valence-corrected chi connectivity index (χ2v) is 7.73. The Labute approximate surface area is 141 Å². The summed E-state index contributed by atoms with van der Waals surface area (Å²) in [6.45, 7) is 17.1. The van der Waals surface area contributed by atoms with E-state index in [1.54, 1.807) is 0 Å². The summed E-state index contributed by atoms with van der Waals surface area (Å²) in [4.78, 5) is 0. The highest BCUT2D eigenvalue weighted by Gasteiger charge is 2.51. The largest absolute Gasteiger partial charge is 0.494 e. The molecular weight excluding hydrogens is 287 g/mol. The molecule has 4 heteroatoms. The topological polar surface area (TPSA) is 27.7 Å². The fourth-order valence-electron chi connectivity index (χ4n) is 2.59. The van der Waals surface area contributed by atoms with Gasteiger partial charge in [0, 0.05) is 0 Å². The quantitative estimate of drug-likeness (QED) is 0.587. The van der Waals surface area contributed by atoms with Crippen LogP contribution >= 0.6 is 0 Å². The minimum absolute atomic E-state index is 0.315. The van der Waals surface area contributed by atoms with Crippen molar-refractivity contribution in [3.05, 3.63) is 36.4 Å². The van der Waals surface area contributed by atoms with Gasteiger partial charge in [0.05, 0.1) is 17.8 Å².